The van der Waals surface area contributed by atoms with Gasteiger partial charge in [-0.15, -0.1) is 11.3 Å². The first kappa shape index (κ1) is 20.6. The van der Waals surface area contributed by atoms with E-state index in [1.807, 2.05) is 35.7 Å². The van der Waals surface area contributed by atoms with E-state index in [4.69, 9.17) is 12.2 Å². The molecule has 0 unspecified atom stereocenters. The van der Waals surface area contributed by atoms with Crippen LogP contribution in [0.25, 0.3) is 22.0 Å². The number of nitro benzene ring substituents is 1. The maximum Gasteiger partial charge on any atom is 0.273 e. The number of hydrogen-bond acceptors (Lipinski definition) is 6. The molecule has 4 aromatic rings. The lowest BCUT2D eigenvalue weighted by atomic mass is 10.1. The summed E-state index contributed by atoms with van der Waals surface area (Å²) >= 11 is 6.56. The zero-order valence-electron chi connectivity index (χ0n) is 16.3. The number of aromatic nitrogens is 1. The lowest BCUT2D eigenvalue weighted by Crippen LogP contribution is -2.34. The first-order valence-electron chi connectivity index (χ1n) is 9.23. The highest BCUT2D eigenvalue weighted by molar-refractivity contribution is 7.80. The van der Waals surface area contributed by atoms with Crippen molar-refractivity contribution in [2.24, 2.45) is 0 Å². The molecule has 1 amide bonds. The molecule has 0 spiro atoms. The fourth-order valence-electron chi connectivity index (χ4n) is 3.06. The van der Waals surface area contributed by atoms with Gasteiger partial charge < -0.3 is 5.32 Å². The van der Waals surface area contributed by atoms with Crippen LogP contribution in [-0.2, 0) is 0 Å². The molecule has 1 heterocycles. The highest BCUT2D eigenvalue weighted by Crippen LogP contribution is 2.27. The van der Waals surface area contributed by atoms with Crippen molar-refractivity contribution in [2.45, 2.75) is 6.92 Å². The molecule has 0 fully saturated rings. The molecule has 0 radical (unpaired) electrons. The summed E-state index contributed by atoms with van der Waals surface area (Å²) in [5.41, 5.74) is 2.28. The van der Waals surface area contributed by atoms with Gasteiger partial charge in [-0.25, -0.2) is 4.98 Å². The van der Waals surface area contributed by atoms with Crippen molar-refractivity contribution >= 4 is 56.2 Å². The smallest absolute Gasteiger partial charge is 0.273 e. The first-order chi connectivity index (χ1) is 14.9. The Kier molecular flexibility index (Phi) is 5.70. The van der Waals surface area contributed by atoms with E-state index in [9.17, 15) is 14.9 Å². The number of hydrogen-bond donors (Lipinski definition) is 2. The quantitative estimate of drug-likeness (QED) is 0.250. The van der Waals surface area contributed by atoms with Gasteiger partial charge in [-0.1, -0.05) is 42.5 Å². The van der Waals surface area contributed by atoms with E-state index in [2.05, 4.69) is 27.8 Å². The van der Waals surface area contributed by atoms with E-state index in [1.165, 1.54) is 29.5 Å². The lowest BCUT2D eigenvalue weighted by Gasteiger charge is -2.08. The third kappa shape index (κ3) is 4.57. The summed E-state index contributed by atoms with van der Waals surface area (Å²) < 4.78 is 0. The number of aryl methyl sites for hydroxylation is 1. The Labute approximate surface area is 186 Å². The molecule has 2 N–H and O–H groups in total. The molecule has 4 rings (SSSR count). The van der Waals surface area contributed by atoms with Gasteiger partial charge in [-0.2, -0.15) is 0 Å². The number of nitrogens with zero attached hydrogens (tertiary/aromatic N) is 2. The van der Waals surface area contributed by atoms with E-state index >= 15 is 0 Å². The molecule has 31 heavy (non-hydrogen) atoms. The zero-order chi connectivity index (χ0) is 22.0. The number of rotatable bonds is 4. The maximum atomic E-state index is 12.4. The molecule has 0 atom stereocenters. The summed E-state index contributed by atoms with van der Waals surface area (Å²) in [5.74, 6) is -0.535. The second-order valence-electron chi connectivity index (χ2n) is 6.77. The zero-order valence-corrected chi connectivity index (χ0v) is 17.9. The monoisotopic (exact) mass is 448 g/mol. The average Bonchev–Trinajstić information content (AvgIpc) is 3.21. The van der Waals surface area contributed by atoms with Gasteiger partial charge in [0.25, 0.3) is 11.6 Å². The normalized spacial score (nSPS) is 10.6. The molecule has 9 heteroatoms. The van der Waals surface area contributed by atoms with Crippen LogP contribution in [0.1, 0.15) is 15.9 Å². The van der Waals surface area contributed by atoms with Crippen LogP contribution in [0.4, 0.5) is 10.8 Å². The van der Waals surface area contributed by atoms with Crippen LogP contribution in [0.5, 0.6) is 0 Å². The minimum absolute atomic E-state index is 0.0626. The summed E-state index contributed by atoms with van der Waals surface area (Å²) in [6.45, 7) is 1.61. The number of anilines is 1. The summed E-state index contributed by atoms with van der Waals surface area (Å²) in [5, 5.41) is 21.3. The topological polar surface area (TPSA) is 97.2 Å². The maximum absolute atomic E-state index is 12.4. The number of thiazole rings is 1. The van der Waals surface area contributed by atoms with Crippen molar-refractivity contribution in [3.8, 4) is 11.3 Å². The molecule has 1 aromatic heterocycles. The van der Waals surface area contributed by atoms with Crippen molar-refractivity contribution < 1.29 is 9.72 Å². The number of fused-ring (bicyclic) bond motifs is 1. The summed E-state index contributed by atoms with van der Waals surface area (Å²) in [6.07, 6.45) is 0. The first-order valence-corrected chi connectivity index (χ1v) is 10.5. The number of benzene rings is 3. The Hall–Kier alpha value is -3.69. The minimum atomic E-state index is -0.535. The number of amides is 1. The highest BCUT2D eigenvalue weighted by atomic mass is 32.1. The van der Waals surface area contributed by atoms with Crippen LogP contribution in [0.2, 0.25) is 0 Å². The summed E-state index contributed by atoms with van der Waals surface area (Å²) in [7, 11) is 0. The fourth-order valence-corrected chi connectivity index (χ4v) is 4.04. The highest BCUT2D eigenvalue weighted by Gasteiger charge is 2.16. The molecule has 7 nitrogen and oxygen atoms in total. The van der Waals surface area contributed by atoms with Crippen LogP contribution >= 0.6 is 23.6 Å². The molecule has 154 valence electrons. The van der Waals surface area contributed by atoms with Gasteiger partial charge in [-0.3, -0.25) is 20.2 Å². The predicted molar refractivity (Wildman–Crippen MR) is 127 cm³/mol. The largest absolute Gasteiger partial charge is 0.308 e. The van der Waals surface area contributed by atoms with Crippen molar-refractivity contribution in [1.29, 1.82) is 0 Å². The fraction of sp³-hybridized carbons (Fsp3) is 0.0455. The van der Waals surface area contributed by atoms with Crippen molar-refractivity contribution in [3.05, 3.63) is 87.3 Å². The molecule has 3 aromatic carbocycles. The van der Waals surface area contributed by atoms with E-state index in [0.717, 1.165) is 22.0 Å². The van der Waals surface area contributed by atoms with Crippen molar-refractivity contribution in [1.82, 2.24) is 10.3 Å². The van der Waals surface area contributed by atoms with Gasteiger partial charge in [0.1, 0.15) is 0 Å². The van der Waals surface area contributed by atoms with Gasteiger partial charge in [-0.05, 0) is 42.0 Å². The molecular weight excluding hydrogens is 432 g/mol. The van der Waals surface area contributed by atoms with Gasteiger partial charge in [0.2, 0.25) is 0 Å². The van der Waals surface area contributed by atoms with Gasteiger partial charge in [0.15, 0.2) is 10.2 Å². The number of thiocarbonyl (C=S) groups is 1. The van der Waals surface area contributed by atoms with Gasteiger partial charge in [0, 0.05) is 28.1 Å². The van der Waals surface area contributed by atoms with Gasteiger partial charge >= 0.3 is 0 Å². The van der Waals surface area contributed by atoms with E-state index in [0.29, 0.717) is 10.7 Å². The molecular formula is C22H16N4O3S2. The second-order valence-corrected chi connectivity index (χ2v) is 8.03. The van der Waals surface area contributed by atoms with Crippen LogP contribution in [-0.4, -0.2) is 20.9 Å². The Morgan fingerprint density at radius 2 is 1.87 bits per heavy atom. The summed E-state index contributed by atoms with van der Waals surface area (Å²) in [6, 6.07) is 18.5. The molecule has 0 aliphatic heterocycles. The van der Waals surface area contributed by atoms with Crippen molar-refractivity contribution in [3.63, 3.8) is 0 Å². The van der Waals surface area contributed by atoms with E-state index in [1.54, 1.807) is 6.92 Å². The third-order valence-electron chi connectivity index (χ3n) is 4.66. The van der Waals surface area contributed by atoms with E-state index < -0.39 is 10.8 Å². The summed E-state index contributed by atoms with van der Waals surface area (Å²) in [4.78, 5) is 27.5. The number of nitro groups is 1. The number of carbonyl (C=O) groups is 1. The number of nitrogens with one attached hydrogen (secondary N) is 2. The Bertz CT molecular complexity index is 1330. The average molecular weight is 449 g/mol. The molecule has 0 aliphatic carbocycles. The molecule has 0 aliphatic rings. The molecule has 0 saturated heterocycles. The SMILES string of the molecule is Cc1ccc(C(=O)NC(=S)Nc2nc(-c3ccc4ccccc4c3)cs2)cc1[N+](=O)[O-]. The second kappa shape index (κ2) is 8.58. The lowest BCUT2D eigenvalue weighted by molar-refractivity contribution is -0.385. The minimum Gasteiger partial charge on any atom is -0.308 e. The van der Waals surface area contributed by atoms with Crippen LogP contribution in [0.3, 0.4) is 0 Å². The Morgan fingerprint density at radius 1 is 1.10 bits per heavy atom. The van der Waals surface area contributed by atoms with Crippen LogP contribution in [0, 0.1) is 17.0 Å². The van der Waals surface area contributed by atoms with Gasteiger partial charge in [0.05, 0.1) is 10.6 Å². The Balaban J connectivity index is 1.44. The van der Waals surface area contributed by atoms with Crippen LogP contribution < -0.4 is 10.6 Å². The predicted octanol–water partition coefficient (Wildman–Crippen LogP) is 5.31. The molecule has 0 saturated carbocycles. The third-order valence-corrected chi connectivity index (χ3v) is 5.63. The number of carbonyl (C=O) groups excluding carboxylic acids is 1. The van der Waals surface area contributed by atoms with Crippen LogP contribution in [0.15, 0.2) is 66.0 Å². The standard InChI is InChI=1S/C22H16N4O3S2/c1-13-6-7-17(11-19(13)26(28)29)20(27)24-21(30)25-22-23-18(12-31-22)16-9-8-14-4-2-3-5-15(14)10-16/h2-12H,1H3,(H2,23,24,25,27,30). The molecule has 0 bridgehead atoms. The van der Waals surface area contributed by atoms with Crippen molar-refractivity contribution in [2.75, 3.05) is 5.32 Å². The van der Waals surface area contributed by atoms with E-state index in [-0.39, 0.29) is 16.4 Å². The Morgan fingerprint density at radius 3 is 2.65 bits per heavy atom.